The highest BCUT2D eigenvalue weighted by Crippen LogP contribution is 2.25. The summed E-state index contributed by atoms with van der Waals surface area (Å²) in [6, 6.07) is 7.58. The zero-order valence-corrected chi connectivity index (χ0v) is 12.2. The van der Waals surface area contributed by atoms with Gasteiger partial charge in [0.15, 0.2) is 5.76 Å². The molecular formula is C16H16N2O4. The first-order valence-corrected chi connectivity index (χ1v) is 7.35. The van der Waals surface area contributed by atoms with Crippen LogP contribution in [0, 0.1) is 6.92 Å². The molecule has 2 fully saturated rings. The van der Waals surface area contributed by atoms with Crippen LogP contribution < -0.4 is 0 Å². The third-order valence-electron chi connectivity index (χ3n) is 4.36. The molecule has 0 bridgehead atoms. The van der Waals surface area contributed by atoms with Crippen LogP contribution in [0.2, 0.25) is 0 Å². The fourth-order valence-electron chi connectivity index (χ4n) is 3.14. The van der Waals surface area contributed by atoms with Gasteiger partial charge in [-0.15, -0.1) is 0 Å². The number of fused-ring (bicyclic) bond motifs is 2. The zero-order valence-electron chi connectivity index (χ0n) is 12.2. The van der Waals surface area contributed by atoms with E-state index in [9.17, 15) is 9.59 Å². The minimum atomic E-state index is -0.281. The number of nitrogens with zero attached hydrogens (tertiary/aromatic N) is 2. The van der Waals surface area contributed by atoms with Crippen molar-refractivity contribution < 1.29 is 18.7 Å². The van der Waals surface area contributed by atoms with Gasteiger partial charge in [-0.1, -0.05) is 18.2 Å². The van der Waals surface area contributed by atoms with Crippen LogP contribution in [0.15, 0.2) is 28.7 Å². The number of cyclic esters (lactones) is 1. The quantitative estimate of drug-likeness (QED) is 0.808. The van der Waals surface area contributed by atoms with Gasteiger partial charge < -0.3 is 14.1 Å². The first-order chi connectivity index (χ1) is 10.6. The fraction of sp³-hybridized carbons (Fsp3) is 0.375. The number of furan rings is 1. The van der Waals surface area contributed by atoms with Crippen LogP contribution in [0.5, 0.6) is 0 Å². The van der Waals surface area contributed by atoms with Crippen molar-refractivity contribution in [3.05, 3.63) is 35.6 Å². The molecule has 2 amide bonds. The van der Waals surface area contributed by atoms with Gasteiger partial charge in [0.1, 0.15) is 12.2 Å². The van der Waals surface area contributed by atoms with Gasteiger partial charge in [-0.05, 0) is 18.6 Å². The summed E-state index contributed by atoms with van der Waals surface area (Å²) in [4.78, 5) is 27.5. The molecule has 3 heterocycles. The van der Waals surface area contributed by atoms with Crippen molar-refractivity contribution >= 4 is 23.0 Å². The SMILES string of the molecule is Cc1cccc2cc(C(=O)N3CCN4C(=O)OC[C@H]4C3)oc12. The lowest BCUT2D eigenvalue weighted by molar-refractivity contribution is 0.0589. The first-order valence-electron chi connectivity index (χ1n) is 7.35. The highest BCUT2D eigenvalue weighted by Gasteiger charge is 2.39. The second-order valence-electron chi connectivity index (χ2n) is 5.78. The molecular weight excluding hydrogens is 284 g/mol. The second kappa shape index (κ2) is 4.76. The summed E-state index contributed by atoms with van der Waals surface area (Å²) in [5.74, 6) is 0.220. The summed E-state index contributed by atoms with van der Waals surface area (Å²) in [5, 5.41) is 0.932. The number of para-hydroxylation sites is 1. The van der Waals surface area contributed by atoms with Gasteiger partial charge in [0.2, 0.25) is 0 Å². The molecule has 2 aliphatic heterocycles. The van der Waals surface area contributed by atoms with Crippen LogP contribution in [-0.2, 0) is 4.74 Å². The molecule has 0 N–H and O–H groups in total. The topological polar surface area (TPSA) is 63.0 Å². The van der Waals surface area contributed by atoms with Gasteiger partial charge in [0, 0.05) is 25.0 Å². The number of carbonyl (C=O) groups is 2. The highest BCUT2D eigenvalue weighted by molar-refractivity contribution is 5.96. The molecule has 0 radical (unpaired) electrons. The van der Waals surface area contributed by atoms with Gasteiger partial charge >= 0.3 is 6.09 Å². The number of aryl methyl sites for hydroxylation is 1. The predicted octanol–water partition coefficient (Wildman–Crippen LogP) is 2.02. The predicted molar refractivity (Wildman–Crippen MR) is 78.7 cm³/mol. The van der Waals surface area contributed by atoms with Crippen molar-refractivity contribution in [3.63, 3.8) is 0 Å². The van der Waals surface area contributed by atoms with Crippen LogP contribution in [0.3, 0.4) is 0 Å². The Labute approximate surface area is 127 Å². The molecule has 1 aromatic heterocycles. The Morgan fingerprint density at radius 1 is 1.32 bits per heavy atom. The number of amides is 2. The van der Waals surface area contributed by atoms with E-state index in [1.807, 2.05) is 25.1 Å². The molecule has 0 spiro atoms. The lowest BCUT2D eigenvalue weighted by atomic mass is 10.1. The molecule has 0 saturated carbocycles. The minimum Gasteiger partial charge on any atom is -0.451 e. The van der Waals surface area contributed by atoms with Crippen LogP contribution in [-0.4, -0.2) is 54.1 Å². The van der Waals surface area contributed by atoms with Crippen LogP contribution in [0.1, 0.15) is 16.1 Å². The Morgan fingerprint density at radius 3 is 3.00 bits per heavy atom. The average molecular weight is 300 g/mol. The molecule has 1 aromatic carbocycles. The van der Waals surface area contributed by atoms with E-state index in [1.165, 1.54) is 0 Å². The zero-order chi connectivity index (χ0) is 15.3. The number of benzene rings is 1. The number of hydrogen-bond donors (Lipinski definition) is 0. The third-order valence-corrected chi connectivity index (χ3v) is 4.36. The molecule has 2 aromatic rings. The van der Waals surface area contributed by atoms with E-state index in [2.05, 4.69) is 0 Å². The number of rotatable bonds is 1. The maximum Gasteiger partial charge on any atom is 0.410 e. The van der Waals surface area contributed by atoms with E-state index in [0.717, 1.165) is 16.5 Å². The fourth-order valence-corrected chi connectivity index (χ4v) is 3.14. The molecule has 6 heteroatoms. The van der Waals surface area contributed by atoms with Crippen LogP contribution in [0.25, 0.3) is 11.0 Å². The lowest BCUT2D eigenvalue weighted by Crippen LogP contribution is -2.53. The summed E-state index contributed by atoms with van der Waals surface area (Å²) < 4.78 is 10.8. The lowest BCUT2D eigenvalue weighted by Gasteiger charge is -2.34. The van der Waals surface area contributed by atoms with Crippen molar-refractivity contribution in [2.45, 2.75) is 13.0 Å². The van der Waals surface area contributed by atoms with Crippen molar-refractivity contribution in [2.24, 2.45) is 0 Å². The van der Waals surface area contributed by atoms with Gasteiger partial charge in [-0.25, -0.2) is 4.79 Å². The van der Waals surface area contributed by atoms with E-state index in [0.29, 0.717) is 32.0 Å². The Balaban J connectivity index is 1.58. The van der Waals surface area contributed by atoms with E-state index < -0.39 is 0 Å². The summed E-state index contributed by atoms with van der Waals surface area (Å²) in [5.41, 5.74) is 1.76. The van der Waals surface area contributed by atoms with Crippen molar-refractivity contribution in [1.82, 2.24) is 9.80 Å². The summed E-state index contributed by atoms with van der Waals surface area (Å²) >= 11 is 0. The summed E-state index contributed by atoms with van der Waals surface area (Å²) in [6.45, 7) is 3.80. The Kier molecular flexibility index (Phi) is 2.85. The maximum absolute atomic E-state index is 12.6. The number of ether oxygens (including phenoxy) is 1. The Bertz CT molecular complexity index is 767. The Hall–Kier alpha value is -2.50. The number of carbonyl (C=O) groups excluding carboxylic acids is 2. The molecule has 6 nitrogen and oxygen atoms in total. The molecule has 0 aliphatic carbocycles. The largest absolute Gasteiger partial charge is 0.451 e. The van der Waals surface area contributed by atoms with E-state index in [-0.39, 0.29) is 18.0 Å². The van der Waals surface area contributed by atoms with Crippen molar-refractivity contribution in [1.29, 1.82) is 0 Å². The molecule has 22 heavy (non-hydrogen) atoms. The Morgan fingerprint density at radius 2 is 2.18 bits per heavy atom. The normalized spacial score (nSPS) is 21.1. The number of hydrogen-bond acceptors (Lipinski definition) is 4. The standard InChI is InChI=1S/C16H16N2O4/c1-10-3-2-4-11-7-13(22-14(10)11)15(19)17-5-6-18-12(8-17)9-21-16(18)20/h2-4,7,12H,5-6,8-9H2,1H3/t12-/m1/s1. The maximum atomic E-state index is 12.6. The van der Waals surface area contributed by atoms with Gasteiger partial charge in [0.25, 0.3) is 5.91 Å². The molecule has 114 valence electrons. The molecule has 2 saturated heterocycles. The monoisotopic (exact) mass is 300 g/mol. The minimum absolute atomic E-state index is 0.0451. The van der Waals surface area contributed by atoms with Crippen LogP contribution in [0.4, 0.5) is 4.79 Å². The van der Waals surface area contributed by atoms with E-state index >= 15 is 0 Å². The van der Waals surface area contributed by atoms with Crippen molar-refractivity contribution in [3.8, 4) is 0 Å². The number of piperazine rings is 1. The first kappa shape index (κ1) is 13.2. The van der Waals surface area contributed by atoms with Gasteiger partial charge in [-0.2, -0.15) is 0 Å². The van der Waals surface area contributed by atoms with E-state index in [1.54, 1.807) is 15.9 Å². The van der Waals surface area contributed by atoms with E-state index in [4.69, 9.17) is 9.15 Å². The molecule has 1 atom stereocenters. The summed E-state index contributed by atoms with van der Waals surface area (Å²) in [7, 11) is 0. The second-order valence-corrected chi connectivity index (χ2v) is 5.78. The smallest absolute Gasteiger partial charge is 0.410 e. The molecule has 0 unspecified atom stereocenters. The van der Waals surface area contributed by atoms with Gasteiger partial charge in [-0.3, -0.25) is 9.69 Å². The van der Waals surface area contributed by atoms with Gasteiger partial charge in [0.05, 0.1) is 6.04 Å². The third kappa shape index (κ3) is 1.94. The summed E-state index contributed by atoms with van der Waals surface area (Å²) in [6.07, 6.45) is -0.281. The molecule has 4 rings (SSSR count). The van der Waals surface area contributed by atoms with Crippen LogP contribution >= 0.6 is 0 Å². The average Bonchev–Trinajstić information content (AvgIpc) is 3.11. The molecule has 2 aliphatic rings. The van der Waals surface area contributed by atoms with Crippen molar-refractivity contribution in [2.75, 3.05) is 26.2 Å². The highest BCUT2D eigenvalue weighted by atomic mass is 16.6.